The van der Waals surface area contributed by atoms with E-state index >= 15 is 0 Å². The highest BCUT2D eigenvalue weighted by atomic mass is 16.5. The van der Waals surface area contributed by atoms with Gasteiger partial charge in [-0.2, -0.15) is 0 Å². The molecule has 0 saturated heterocycles. The van der Waals surface area contributed by atoms with Gasteiger partial charge in [0.2, 0.25) is 0 Å². The minimum atomic E-state index is 0.165. The SMILES string of the molecule is CCOC(CN(CC)CC)c1ccc(CCc2ccccc2)cc1. The molecule has 0 aliphatic carbocycles. The van der Waals surface area contributed by atoms with Gasteiger partial charge in [-0.15, -0.1) is 0 Å². The third kappa shape index (κ3) is 5.77. The van der Waals surface area contributed by atoms with Crippen molar-refractivity contribution in [2.45, 2.75) is 39.7 Å². The molecule has 0 amide bonds. The molecule has 0 aliphatic heterocycles. The summed E-state index contributed by atoms with van der Waals surface area (Å²) >= 11 is 0. The Labute approximate surface area is 147 Å². The summed E-state index contributed by atoms with van der Waals surface area (Å²) in [6.07, 6.45) is 2.34. The molecule has 2 heteroatoms. The Bertz CT molecular complexity index is 560. The predicted molar refractivity (Wildman–Crippen MR) is 102 cm³/mol. The summed E-state index contributed by atoms with van der Waals surface area (Å²) < 4.78 is 5.99. The van der Waals surface area contributed by atoms with E-state index in [9.17, 15) is 0 Å². The molecule has 2 nitrogen and oxygen atoms in total. The molecule has 24 heavy (non-hydrogen) atoms. The number of hydrogen-bond acceptors (Lipinski definition) is 2. The van der Waals surface area contributed by atoms with Gasteiger partial charge in [0.25, 0.3) is 0 Å². The van der Waals surface area contributed by atoms with Gasteiger partial charge < -0.3 is 9.64 Å². The molecule has 0 aliphatic rings. The first-order valence-electron chi connectivity index (χ1n) is 9.23. The predicted octanol–water partition coefficient (Wildman–Crippen LogP) is 4.89. The first kappa shape index (κ1) is 18.7. The van der Waals surface area contributed by atoms with Crippen molar-refractivity contribution < 1.29 is 4.74 Å². The van der Waals surface area contributed by atoms with E-state index in [4.69, 9.17) is 4.74 Å². The first-order valence-corrected chi connectivity index (χ1v) is 9.23. The Morgan fingerprint density at radius 3 is 1.92 bits per heavy atom. The monoisotopic (exact) mass is 325 g/mol. The number of aryl methyl sites for hydroxylation is 2. The molecule has 1 unspecified atom stereocenters. The Hall–Kier alpha value is -1.64. The number of likely N-dealkylation sites (N-methyl/N-ethyl adjacent to an activating group) is 1. The van der Waals surface area contributed by atoms with Crippen LogP contribution < -0.4 is 0 Å². The Morgan fingerprint density at radius 1 is 0.792 bits per heavy atom. The summed E-state index contributed by atoms with van der Waals surface area (Å²) in [7, 11) is 0. The fourth-order valence-corrected chi connectivity index (χ4v) is 3.00. The average molecular weight is 325 g/mol. The largest absolute Gasteiger partial charge is 0.372 e. The Balaban J connectivity index is 1.97. The lowest BCUT2D eigenvalue weighted by atomic mass is 10.0. The maximum Gasteiger partial charge on any atom is 0.0951 e. The number of benzene rings is 2. The molecule has 0 radical (unpaired) electrons. The maximum absolute atomic E-state index is 5.99. The van der Waals surface area contributed by atoms with Crippen LogP contribution in [0.1, 0.15) is 43.6 Å². The van der Waals surface area contributed by atoms with Crippen LogP contribution in [0.2, 0.25) is 0 Å². The summed E-state index contributed by atoms with van der Waals surface area (Å²) in [5.74, 6) is 0. The van der Waals surface area contributed by atoms with Crippen LogP contribution in [0.3, 0.4) is 0 Å². The highest BCUT2D eigenvalue weighted by Gasteiger charge is 2.14. The summed E-state index contributed by atoms with van der Waals surface area (Å²) in [5, 5.41) is 0. The third-order valence-electron chi connectivity index (χ3n) is 4.58. The van der Waals surface area contributed by atoms with Gasteiger partial charge in [-0.3, -0.25) is 0 Å². The highest BCUT2D eigenvalue weighted by Crippen LogP contribution is 2.20. The summed E-state index contributed by atoms with van der Waals surface area (Å²) in [6.45, 7) is 10.3. The quantitative estimate of drug-likeness (QED) is 0.616. The Morgan fingerprint density at radius 2 is 1.38 bits per heavy atom. The Kier molecular flexibility index (Phi) is 8.00. The van der Waals surface area contributed by atoms with Crippen molar-refractivity contribution in [2.24, 2.45) is 0 Å². The van der Waals surface area contributed by atoms with Gasteiger partial charge in [0, 0.05) is 13.2 Å². The second-order valence-corrected chi connectivity index (χ2v) is 6.16. The number of hydrogen-bond donors (Lipinski definition) is 0. The summed E-state index contributed by atoms with van der Waals surface area (Å²) in [4.78, 5) is 2.42. The molecule has 0 aromatic heterocycles. The average Bonchev–Trinajstić information content (AvgIpc) is 2.65. The maximum atomic E-state index is 5.99. The molecule has 0 fully saturated rings. The molecule has 2 rings (SSSR count). The van der Waals surface area contributed by atoms with E-state index in [0.29, 0.717) is 0 Å². The van der Waals surface area contributed by atoms with Crippen LogP contribution in [0.25, 0.3) is 0 Å². The van der Waals surface area contributed by atoms with Crippen molar-refractivity contribution in [3.63, 3.8) is 0 Å². The zero-order chi connectivity index (χ0) is 17.2. The fourth-order valence-electron chi connectivity index (χ4n) is 3.00. The van der Waals surface area contributed by atoms with E-state index in [0.717, 1.165) is 39.1 Å². The van der Waals surface area contributed by atoms with Gasteiger partial charge in [-0.05, 0) is 49.5 Å². The van der Waals surface area contributed by atoms with Crippen LogP contribution in [0.4, 0.5) is 0 Å². The minimum Gasteiger partial charge on any atom is -0.372 e. The minimum absolute atomic E-state index is 0.165. The van der Waals surface area contributed by atoms with Crippen molar-refractivity contribution in [2.75, 3.05) is 26.2 Å². The standard InChI is InChI=1S/C22H31NO/c1-4-23(5-2)18-22(24-6-3)21-16-14-20(15-17-21)13-12-19-10-8-7-9-11-19/h7-11,14-17,22H,4-6,12-13,18H2,1-3H3. The van der Waals surface area contributed by atoms with Crippen molar-refractivity contribution in [3.05, 3.63) is 71.3 Å². The summed E-state index contributed by atoms with van der Waals surface area (Å²) in [5.41, 5.74) is 4.07. The number of rotatable bonds is 10. The molecule has 2 aromatic carbocycles. The first-order chi connectivity index (χ1) is 11.8. The molecule has 0 N–H and O–H groups in total. The topological polar surface area (TPSA) is 12.5 Å². The van der Waals surface area contributed by atoms with E-state index in [2.05, 4.69) is 80.3 Å². The lowest BCUT2D eigenvalue weighted by Crippen LogP contribution is -2.29. The summed E-state index contributed by atoms with van der Waals surface area (Å²) in [6, 6.07) is 19.7. The number of ether oxygens (including phenoxy) is 1. The normalized spacial score (nSPS) is 12.5. The lowest BCUT2D eigenvalue weighted by molar-refractivity contribution is 0.0348. The molecule has 0 heterocycles. The van der Waals surface area contributed by atoms with Crippen molar-refractivity contribution in [3.8, 4) is 0 Å². The van der Waals surface area contributed by atoms with Gasteiger partial charge in [0.05, 0.1) is 6.10 Å². The zero-order valence-electron chi connectivity index (χ0n) is 15.4. The molecule has 130 valence electrons. The second-order valence-electron chi connectivity index (χ2n) is 6.16. The zero-order valence-corrected chi connectivity index (χ0v) is 15.4. The van der Waals surface area contributed by atoms with E-state index in [1.807, 2.05) is 0 Å². The van der Waals surface area contributed by atoms with Gasteiger partial charge in [-0.1, -0.05) is 68.4 Å². The molecule has 0 spiro atoms. The van der Waals surface area contributed by atoms with Crippen LogP contribution in [0.15, 0.2) is 54.6 Å². The van der Waals surface area contributed by atoms with Gasteiger partial charge in [0.15, 0.2) is 0 Å². The molecule has 0 bridgehead atoms. The smallest absolute Gasteiger partial charge is 0.0951 e. The van der Waals surface area contributed by atoms with Crippen LogP contribution in [0.5, 0.6) is 0 Å². The van der Waals surface area contributed by atoms with E-state index in [1.54, 1.807) is 0 Å². The van der Waals surface area contributed by atoms with Crippen molar-refractivity contribution >= 4 is 0 Å². The van der Waals surface area contributed by atoms with Crippen LogP contribution in [-0.2, 0) is 17.6 Å². The van der Waals surface area contributed by atoms with Crippen molar-refractivity contribution in [1.82, 2.24) is 4.90 Å². The molecular weight excluding hydrogens is 294 g/mol. The van der Waals surface area contributed by atoms with Crippen molar-refractivity contribution in [1.29, 1.82) is 0 Å². The van der Waals surface area contributed by atoms with Crippen LogP contribution in [-0.4, -0.2) is 31.1 Å². The molecule has 1 atom stereocenters. The van der Waals surface area contributed by atoms with Gasteiger partial charge in [-0.25, -0.2) is 0 Å². The highest BCUT2D eigenvalue weighted by molar-refractivity contribution is 5.26. The van der Waals surface area contributed by atoms with E-state index < -0.39 is 0 Å². The van der Waals surface area contributed by atoms with Crippen LogP contribution in [0, 0.1) is 0 Å². The third-order valence-corrected chi connectivity index (χ3v) is 4.58. The van der Waals surface area contributed by atoms with Gasteiger partial charge in [0.1, 0.15) is 0 Å². The van der Waals surface area contributed by atoms with E-state index in [1.165, 1.54) is 16.7 Å². The second kappa shape index (κ2) is 10.3. The fraction of sp³-hybridized carbons (Fsp3) is 0.455. The molecular formula is C22H31NO. The van der Waals surface area contributed by atoms with Gasteiger partial charge >= 0.3 is 0 Å². The van der Waals surface area contributed by atoms with E-state index in [-0.39, 0.29) is 6.10 Å². The number of nitrogens with zero attached hydrogens (tertiary/aromatic N) is 1. The lowest BCUT2D eigenvalue weighted by Gasteiger charge is -2.25. The van der Waals surface area contributed by atoms with Crippen LogP contribution >= 0.6 is 0 Å². The molecule has 0 saturated carbocycles. The molecule has 2 aromatic rings.